The van der Waals surface area contributed by atoms with E-state index in [0.29, 0.717) is 0 Å². The van der Waals surface area contributed by atoms with Crippen molar-refractivity contribution < 1.29 is 14.3 Å². The summed E-state index contributed by atoms with van der Waals surface area (Å²) in [6.07, 6.45) is 0.217. The van der Waals surface area contributed by atoms with Crippen molar-refractivity contribution in [3.05, 3.63) is 0 Å². The minimum atomic E-state index is -0.780. The number of halogens is 1. The van der Waals surface area contributed by atoms with E-state index in [-0.39, 0.29) is 6.42 Å². The van der Waals surface area contributed by atoms with Gasteiger partial charge in [0.1, 0.15) is 4.32 Å². The third kappa shape index (κ3) is 4.14. The highest BCUT2D eigenvalue weighted by molar-refractivity contribution is 9.10. The van der Waals surface area contributed by atoms with E-state index in [0.717, 1.165) is 0 Å². The monoisotopic (exact) mass is 222 g/mol. The molecule has 0 aromatic heterocycles. The van der Waals surface area contributed by atoms with Gasteiger partial charge in [-0.25, -0.2) is 0 Å². The summed E-state index contributed by atoms with van der Waals surface area (Å²) < 4.78 is 3.66. The van der Waals surface area contributed by atoms with Gasteiger partial charge in [-0.1, -0.05) is 22.9 Å². The molecule has 0 fully saturated rings. The Kier molecular flexibility index (Phi) is 3.72. The van der Waals surface area contributed by atoms with Crippen LogP contribution < -0.4 is 0 Å². The SMILES string of the molecule is CCC(=O)OC(=O)C(C)(C)Br. The topological polar surface area (TPSA) is 43.4 Å². The van der Waals surface area contributed by atoms with Crippen molar-refractivity contribution in [3.63, 3.8) is 0 Å². The normalized spacial score (nSPS) is 10.9. The van der Waals surface area contributed by atoms with Crippen LogP contribution in [0.4, 0.5) is 0 Å². The molecule has 0 aliphatic heterocycles. The van der Waals surface area contributed by atoms with Crippen molar-refractivity contribution in [3.8, 4) is 0 Å². The summed E-state index contributed by atoms with van der Waals surface area (Å²) in [5, 5.41) is 0. The molecule has 0 amide bonds. The summed E-state index contributed by atoms with van der Waals surface area (Å²) >= 11 is 3.07. The van der Waals surface area contributed by atoms with Crippen molar-refractivity contribution in [2.45, 2.75) is 31.5 Å². The van der Waals surface area contributed by atoms with Crippen LogP contribution in [0.3, 0.4) is 0 Å². The predicted molar refractivity (Wildman–Crippen MR) is 44.4 cm³/mol. The second kappa shape index (κ2) is 3.85. The first-order chi connectivity index (χ1) is 4.88. The molecule has 0 rings (SSSR count). The summed E-state index contributed by atoms with van der Waals surface area (Å²) in [5.74, 6) is -1.05. The van der Waals surface area contributed by atoms with Crippen LogP contribution in [-0.2, 0) is 14.3 Å². The van der Waals surface area contributed by atoms with Gasteiger partial charge in [0.05, 0.1) is 0 Å². The van der Waals surface area contributed by atoms with Gasteiger partial charge in [0, 0.05) is 6.42 Å². The van der Waals surface area contributed by atoms with E-state index in [2.05, 4.69) is 20.7 Å². The van der Waals surface area contributed by atoms with Gasteiger partial charge in [0.15, 0.2) is 0 Å². The summed E-state index contributed by atoms with van der Waals surface area (Å²) in [5.41, 5.74) is 0. The Bertz CT molecular complexity index is 169. The molecular weight excluding hydrogens is 212 g/mol. The molecule has 0 bridgehead atoms. The molecule has 0 aromatic rings. The molecule has 0 aliphatic rings. The van der Waals surface area contributed by atoms with Gasteiger partial charge in [0.2, 0.25) is 0 Å². The Morgan fingerprint density at radius 2 is 1.91 bits per heavy atom. The molecular formula is C7H11BrO3. The maximum atomic E-state index is 10.9. The Morgan fingerprint density at radius 3 is 2.18 bits per heavy atom. The minimum Gasteiger partial charge on any atom is -0.392 e. The Hall–Kier alpha value is -0.380. The minimum absolute atomic E-state index is 0.217. The predicted octanol–water partition coefficient (Wildman–Crippen LogP) is 1.64. The molecule has 0 aromatic carbocycles. The Balaban J connectivity index is 3.99. The smallest absolute Gasteiger partial charge is 0.329 e. The molecule has 0 unspecified atom stereocenters. The van der Waals surface area contributed by atoms with Gasteiger partial charge in [-0.2, -0.15) is 0 Å². The van der Waals surface area contributed by atoms with E-state index in [9.17, 15) is 9.59 Å². The summed E-state index contributed by atoms with van der Waals surface area (Å²) in [6.45, 7) is 4.88. The first-order valence-corrected chi connectivity index (χ1v) is 4.11. The number of hydrogen-bond donors (Lipinski definition) is 0. The molecule has 11 heavy (non-hydrogen) atoms. The van der Waals surface area contributed by atoms with Gasteiger partial charge in [0.25, 0.3) is 0 Å². The zero-order valence-corrected chi connectivity index (χ0v) is 8.40. The van der Waals surface area contributed by atoms with E-state index in [1.807, 2.05) is 0 Å². The molecule has 0 saturated heterocycles. The van der Waals surface area contributed by atoms with Crippen LogP contribution in [0.25, 0.3) is 0 Å². The van der Waals surface area contributed by atoms with Crippen LogP contribution in [0, 0.1) is 0 Å². The summed E-state index contributed by atoms with van der Waals surface area (Å²) in [7, 11) is 0. The fourth-order valence-corrected chi connectivity index (χ4v) is 0.378. The van der Waals surface area contributed by atoms with E-state index >= 15 is 0 Å². The quantitative estimate of drug-likeness (QED) is 0.406. The molecule has 0 spiro atoms. The van der Waals surface area contributed by atoms with E-state index in [1.165, 1.54) is 0 Å². The molecule has 0 radical (unpaired) electrons. The summed E-state index contributed by atoms with van der Waals surface area (Å²) in [6, 6.07) is 0. The number of alkyl halides is 1. The summed E-state index contributed by atoms with van der Waals surface area (Å²) in [4.78, 5) is 21.5. The zero-order chi connectivity index (χ0) is 9.07. The lowest BCUT2D eigenvalue weighted by atomic mass is 10.2. The van der Waals surface area contributed by atoms with Gasteiger partial charge >= 0.3 is 11.9 Å². The average molecular weight is 223 g/mol. The van der Waals surface area contributed by atoms with Crippen LogP contribution in [-0.4, -0.2) is 16.3 Å². The first kappa shape index (κ1) is 10.6. The highest BCUT2D eigenvalue weighted by atomic mass is 79.9. The number of hydrogen-bond acceptors (Lipinski definition) is 3. The van der Waals surface area contributed by atoms with Gasteiger partial charge in [-0.05, 0) is 13.8 Å². The third-order valence-corrected chi connectivity index (χ3v) is 1.30. The molecule has 64 valence electrons. The first-order valence-electron chi connectivity index (χ1n) is 3.32. The molecule has 0 atom stereocenters. The van der Waals surface area contributed by atoms with Gasteiger partial charge in [-0.3, -0.25) is 9.59 Å². The number of carbonyl (C=O) groups is 2. The molecule has 0 saturated carbocycles. The third-order valence-electron chi connectivity index (χ3n) is 0.981. The van der Waals surface area contributed by atoms with Gasteiger partial charge in [-0.15, -0.1) is 0 Å². The maximum Gasteiger partial charge on any atom is 0.329 e. The van der Waals surface area contributed by atoms with Crippen molar-refractivity contribution in [1.82, 2.24) is 0 Å². The second-order valence-corrected chi connectivity index (χ2v) is 4.57. The van der Waals surface area contributed by atoms with Crippen LogP contribution >= 0.6 is 15.9 Å². The standard InChI is InChI=1S/C7H11BrO3/c1-4-5(9)11-6(10)7(2,3)8/h4H2,1-3H3. The maximum absolute atomic E-state index is 10.9. The second-order valence-electron chi connectivity index (χ2n) is 2.59. The fourth-order valence-electron chi connectivity index (χ4n) is 0.297. The lowest BCUT2D eigenvalue weighted by Crippen LogP contribution is -2.28. The fraction of sp³-hybridized carbons (Fsp3) is 0.714. The Labute approximate surface area is 74.2 Å². The van der Waals surface area contributed by atoms with E-state index in [1.54, 1.807) is 20.8 Å². The number of rotatable bonds is 2. The van der Waals surface area contributed by atoms with Crippen LogP contribution in [0.1, 0.15) is 27.2 Å². The van der Waals surface area contributed by atoms with Crippen molar-refractivity contribution in [2.75, 3.05) is 0 Å². The molecule has 0 aliphatic carbocycles. The van der Waals surface area contributed by atoms with E-state index < -0.39 is 16.3 Å². The van der Waals surface area contributed by atoms with Gasteiger partial charge < -0.3 is 4.74 Å². The Morgan fingerprint density at radius 1 is 1.45 bits per heavy atom. The van der Waals surface area contributed by atoms with Crippen LogP contribution in [0.2, 0.25) is 0 Å². The molecule has 0 heterocycles. The van der Waals surface area contributed by atoms with Crippen molar-refractivity contribution >= 4 is 27.9 Å². The lowest BCUT2D eigenvalue weighted by Gasteiger charge is -2.12. The van der Waals surface area contributed by atoms with Crippen LogP contribution in [0.5, 0.6) is 0 Å². The van der Waals surface area contributed by atoms with E-state index in [4.69, 9.17) is 0 Å². The zero-order valence-electron chi connectivity index (χ0n) is 6.81. The van der Waals surface area contributed by atoms with Crippen LogP contribution in [0.15, 0.2) is 0 Å². The number of esters is 2. The molecule has 0 N–H and O–H groups in total. The molecule has 4 heteroatoms. The average Bonchev–Trinajstić information content (AvgIpc) is 1.85. The largest absolute Gasteiger partial charge is 0.392 e. The highest BCUT2D eigenvalue weighted by Gasteiger charge is 2.27. The highest BCUT2D eigenvalue weighted by Crippen LogP contribution is 2.17. The van der Waals surface area contributed by atoms with Crippen molar-refractivity contribution in [1.29, 1.82) is 0 Å². The number of ether oxygens (including phenoxy) is 1. The lowest BCUT2D eigenvalue weighted by molar-refractivity contribution is -0.160. The number of carbonyl (C=O) groups excluding carboxylic acids is 2. The molecule has 3 nitrogen and oxygen atoms in total. The van der Waals surface area contributed by atoms with Crippen molar-refractivity contribution in [2.24, 2.45) is 0 Å².